The van der Waals surface area contributed by atoms with Gasteiger partial charge in [0.2, 0.25) is 0 Å². The Bertz CT molecular complexity index is 1610. The summed E-state index contributed by atoms with van der Waals surface area (Å²) in [6.07, 6.45) is 4.61. The summed E-state index contributed by atoms with van der Waals surface area (Å²) in [5.74, 6) is -4.86. The molecule has 0 aliphatic heterocycles. The molecule has 0 atom stereocenters. The summed E-state index contributed by atoms with van der Waals surface area (Å²) >= 11 is 0. The predicted octanol–water partition coefficient (Wildman–Crippen LogP) is 11.7. The van der Waals surface area contributed by atoms with Crippen LogP contribution >= 0.6 is 0 Å². The Labute approximate surface area is 252 Å². The lowest BCUT2D eigenvalue weighted by molar-refractivity contribution is -0.187. The van der Waals surface area contributed by atoms with E-state index in [1.165, 1.54) is 49.9 Å². The summed E-state index contributed by atoms with van der Waals surface area (Å²) in [5, 5.41) is 0. The maximum atomic E-state index is 15.1. The number of hydrogen-bond donors (Lipinski definition) is 0. The quantitative estimate of drug-likeness (QED) is 0.128. The van der Waals surface area contributed by atoms with Crippen molar-refractivity contribution in [1.29, 1.82) is 0 Å². The van der Waals surface area contributed by atoms with Crippen LogP contribution in [-0.2, 0) is 6.11 Å². The maximum absolute atomic E-state index is 15.1. The zero-order chi connectivity index (χ0) is 31.4. The molecule has 232 valence electrons. The molecule has 0 amide bonds. The molecule has 0 bridgehead atoms. The summed E-state index contributed by atoms with van der Waals surface area (Å²) in [5.41, 5.74) is -0.227. The van der Waals surface area contributed by atoms with Crippen molar-refractivity contribution in [3.8, 4) is 28.0 Å². The van der Waals surface area contributed by atoms with Gasteiger partial charge in [-0.25, -0.2) is 22.0 Å². The van der Waals surface area contributed by atoms with Crippen LogP contribution in [0, 0.1) is 35.0 Å². The predicted molar refractivity (Wildman–Crippen MR) is 157 cm³/mol. The summed E-state index contributed by atoms with van der Waals surface area (Å²) in [4.78, 5) is 0. The molecule has 44 heavy (non-hydrogen) atoms. The fraction of sp³-hybridized carbons (Fsp3) is 0.333. The first-order chi connectivity index (χ1) is 21.1. The maximum Gasteiger partial charge on any atom is 0.429 e. The van der Waals surface area contributed by atoms with Crippen molar-refractivity contribution in [2.75, 3.05) is 0 Å². The first-order valence-electron chi connectivity index (χ1n) is 15.0. The van der Waals surface area contributed by atoms with Crippen molar-refractivity contribution < 1.29 is 35.5 Å². The molecule has 0 saturated heterocycles. The van der Waals surface area contributed by atoms with Gasteiger partial charge >= 0.3 is 6.11 Å². The normalized spacial score (nSPS) is 17.1. The van der Waals surface area contributed by atoms with E-state index in [9.17, 15) is 17.6 Å². The Kier molecular flexibility index (Phi) is 9.66. The van der Waals surface area contributed by atoms with Crippen LogP contribution in [0.5, 0.6) is 5.75 Å². The highest BCUT2D eigenvalue weighted by Crippen LogP contribution is 2.40. The molecular formula is C36H33F7O. The van der Waals surface area contributed by atoms with Crippen molar-refractivity contribution in [2.24, 2.45) is 5.92 Å². The van der Waals surface area contributed by atoms with Gasteiger partial charge in [-0.3, -0.25) is 0 Å². The van der Waals surface area contributed by atoms with Gasteiger partial charge in [-0.05, 0) is 96.7 Å². The van der Waals surface area contributed by atoms with Crippen LogP contribution in [0.1, 0.15) is 75.3 Å². The van der Waals surface area contributed by atoms with Gasteiger partial charge in [0.1, 0.15) is 23.2 Å². The Morgan fingerprint density at radius 3 is 1.89 bits per heavy atom. The molecule has 4 aromatic carbocycles. The lowest BCUT2D eigenvalue weighted by atomic mass is 9.77. The Balaban J connectivity index is 1.26. The van der Waals surface area contributed by atoms with E-state index in [0.717, 1.165) is 74.2 Å². The third-order valence-electron chi connectivity index (χ3n) is 8.54. The van der Waals surface area contributed by atoms with Crippen LogP contribution in [0.25, 0.3) is 22.3 Å². The summed E-state index contributed by atoms with van der Waals surface area (Å²) in [6, 6.07) is 13.2. The average Bonchev–Trinajstić information content (AvgIpc) is 2.99. The van der Waals surface area contributed by atoms with Crippen LogP contribution in [0.2, 0.25) is 0 Å². The number of hydrogen-bond acceptors (Lipinski definition) is 1. The van der Waals surface area contributed by atoms with Gasteiger partial charge in [0.15, 0.2) is 11.6 Å². The van der Waals surface area contributed by atoms with E-state index in [1.54, 1.807) is 0 Å². The van der Waals surface area contributed by atoms with Gasteiger partial charge in [0.05, 0.1) is 5.56 Å². The molecular weight excluding hydrogens is 581 g/mol. The molecule has 0 spiro atoms. The highest BCUT2D eigenvalue weighted by Gasteiger charge is 2.38. The lowest BCUT2D eigenvalue weighted by Crippen LogP contribution is -2.24. The minimum Gasteiger partial charge on any atom is -0.429 e. The Morgan fingerprint density at radius 2 is 1.27 bits per heavy atom. The zero-order valence-corrected chi connectivity index (χ0v) is 24.3. The molecule has 4 aromatic rings. The molecule has 8 heteroatoms. The molecule has 0 aromatic heterocycles. The summed E-state index contributed by atoms with van der Waals surface area (Å²) in [7, 11) is 0. The summed E-state index contributed by atoms with van der Waals surface area (Å²) in [6.45, 7) is 2.17. The van der Waals surface area contributed by atoms with Gasteiger partial charge in [0, 0.05) is 17.2 Å². The molecule has 1 aliphatic rings. The monoisotopic (exact) mass is 614 g/mol. The van der Waals surface area contributed by atoms with Crippen molar-refractivity contribution in [3.63, 3.8) is 0 Å². The SMILES string of the molecule is CCCCCC1CCC(c2ccc(C(F)(F)Oc3ccc(-c4ccc(-c5ccc(F)c(F)c5)c(F)c4)c(F)c3)c(F)c2)CC1. The smallest absolute Gasteiger partial charge is 0.429 e. The molecule has 0 heterocycles. The van der Waals surface area contributed by atoms with Gasteiger partial charge in [-0.2, -0.15) is 8.78 Å². The molecule has 0 radical (unpaired) electrons. The molecule has 0 N–H and O–H groups in total. The van der Waals surface area contributed by atoms with Crippen molar-refractivity contribution in [3.05, 3.63) is 113 Å². The minimum atomic E-state index is -4.08. The van der Waals surface area contributed by atoms with Crippen molar-refractivity contribution >= 4 is 0 Å². The topological polar surface area (TPSA) is 9.23 Å². The highest BCUT2D eigenvalue weighted by molar-refractivity contribution is 5.71. The lowest BCUT2D eigenvalue weighted by Gasteiger charge is -2.29. The second-order valence-electron chi connectivity index (χ2n) is 11.5. The molecule has 5 rings (SSSR count). The van der Waals surface area contributed by atoms with Crippen LogP contribution in [0.3, 0.4) is 0 Å². The van der Waals surface area contributed by atoms with Crippen molar-refractivity contribution in [2.45, 2.75) is 70.3 Å². The zero-order valence-electron chi connectivity index (χ0n) is 24.3. The van der Waals surface area contributed by atoms with E-state index < -0.39 is 46.5 Å². The molecule has 1 aliphatic carbocycles. The van der Waals surface area contributed by atoms with E-state index in [0.29, 0.717) is 11.5 Å². The van der Waals surface area contributed by atoms with E-state index >= 15 is 13.2 Å². The molecule has 1 fully saturated rings. The van der Waals surface area contributed by atoms with Gasteiger partial charge in [-0.1, -0.05) is 56.9 Å². The van der Waals surface area contributed by atoms with Crippen LogP contribution in [-0.4, -0.2) is 0 Å². The number of rotatable bonds is 10. The largest absolute Gasteiger partial charge is 0.429 e. The molecule has 1 saturated carbocycles. The fourth-order valence-corrected chi connectivity index (χ4v) is 6.07. The first-order valence-corrected chi connectivity index (χ1v) is 15.0. The van der Waals surface area contributed by atoms with E-state index in [1.807, 2.05) is 0 Å². The Hall–Kier alpha value is -3.81. The van der Waals surface area contributed by atoms with Crippen LogP contribution < -0.4 is 4.74 Å². The van der Waals surface area contributed by atoms with Crippen molar-refractivity contribution in [1.82, 2.24) is 0 Å². The molecule has 0 unspecified atom stereocenters. The standard InChI is InChI=1S/C36H33F7O/c1-2-3-4-5-22-6-8-23(9-7-22)24-11-16-30(34(40)18-24)36(42,43)44-27-13-15-29(33(39)21-27)25-10-14-28(32(38)19-25)26-12-17-31(37)35(41)20-26/h10-23H,2-9H2,1H3. The number of halogens is 7. The third-order valence-corrected chi connectivity index (χ3v) is 8.54. The third kappa shape index (κ3) is 7.11. The minimum absolute atomic E-state index is 0.0317. The van der Waals surface area contributed by atoms with Crippen LogP contribution in [0.15, 0.2) is 72.8 Å². The second-order valence-corrected chi connectivity index (χ2v) is 11.5. The Morgan fingerprint density at radius 1 is 0.636 bits per heavy atom. The van der Waals surface area contributed by atoms with E-state index in [-0.39, 0.29) is 28.2 Å². The number of alkyl halides is 2. The number of benzene rings is 4. The first kappa shape index (κ1) is 31.6. The average molecular weight is 615 g/mol. The second kappa shape index (κ2) is 13.4. The number of unbranched alkanes of at least 4 members (excludes halogenated alkanes) is 2. The van der Waals surface area contributed by atoms with E-state index in [2.05, 4.69) is 6.92 Å². The van der Waals surface area contributed by atoms with E-state index in [4.69, 9.17) is 4.74 Å². The van der Waals surface area contributed by atoms with Gasteiger partial charge in [-0.15, -0.1) is 0 Å². The number of ether oxygens (including phenoxy) is 1. The molecule has 1 nitrogen and oxygen atoms in total. The van der Waals surface area contributed by atoms with Crippen LogP contribution in [0.4, 0.5) is 30.7 Å². The highest BCUT2D eigenvalue weighted by atomic mass is 19.3. The van der Waals surface area contributed by atoms with Gasteiger partial charge < -0.3 is 4.74 Å². The van der Waals surface area contributed by atoms with Gasteiger partial charge in [0.25, 0.3) is 0 Å². The summed E-state index contributed by atoms with van der Waals surface area (Å²) < 4.78 is 107. The fourth-order valence-electron chi connectivity index (χ4n) is 6.07.